The molecule has 130 valence electrons. The Kier molecular flexibility index (Phi) is 3.86. The molecule has 0 radical (unpaired) electrons. The van der Waals surface area contributed by atoms with Gasteiger partial charge in [0, 0.05) is 43.2 Å². The fraction of sp³-hybridized carbons (Fsp3) is 0.500. The summed E-state index contributed by atoms with van der Waals surface area (Å²) in [6.45, 7) is 6.87. The molecule has 0 spiro atoms. The fourth-order valence-corrected chi connectivity index (χ4v) is 5.40. The van der Waals surface area contributed by atoms with E-state index in [4.69, 9.17) is 4.98 Å². The second kappa shape index (κ2) is 6.22. The second-order valence-corrected chi connectivity index (χ2v) is 8.56. The van der Waals surface area contributed by atoms with Crippen LogP contribution >= 0.6 is 11.3 Å². The monoisotopic (exact) mass is 352 g/mol. The molecule has 4 nitrogen and oxygen atoms in total. The van der Waals surface area contributed by atoms with E-state index in [2.05, 4.69) is 39.9 Å². The molecule has 0 bridgehead atoms. The molecule has 3 aliphatic rings. The molecule has 0 unspecified atom stereocenters. The highest BCUT2D eigenvalue weighted by molar-refractivity contribution is 7.19. The first-order valence-electron chi connectivity index (χ1n) is 9.40. The lowest BCUT2D eigenvalue weighted by atomic mass is 10.0. The Bertz CT molecular complexity index is 866. The number of fused-ring (bicyclic) bond motifs is 2. The van der Waals surface area contributed by atoms with Crippen LogP contribution in [0.2, 0.25) is 0 Å². The van der Waals surface area contributed by atoms with Gasteiger partial charge in [-0.25, -0.2) is 4.98 Å². The average Bonchev–Trinajstić information content (AvgIpc) is 3.26. The first kappa shape index (κ1) is 15.5. The number of allylic oxidation sites excluding steroid dienone is 1. The highest BCUT2D eigenvalue weighted by Gasteiger charge is 2.31. The third kappa shape index (κ3) is 2.79. The molecule has 5 heteroatoms. The van der Waals surface area contributed by atoms with Crippen LogP contribution in [0.5, 0.6) is 0 Å². The molecule has 3 aliphatic heterocycles. The lowest BCUT2D eigenvalue weighted by molar-refractivity contribution is 0.231. The lowest BCUT2D eigenvalue weighted by Gasteiger charge is -2.39. The molecule has 1 atom stereocenters. The summed E-state index contributed by atoms with van der Waals surface area (Å²) in [5.74, 6) is 0. The summed E-state index contributed by atoms with van der Waals surface area (Å²) in [5, 5.41) is 1.15. The van der Waals surface area contributed by atoms with Crippen molar-refractivity contribution in [3.05, 3.63) is 35.0 Å². The Morgan fingerprint density at radius 1 is 1.20 bits per heavy atom. The maximum Gasteiger partial charge on any atom is 0.0908 e. The predicted octanol–water partition coefficient (Wildman–Crippen LogP) is 3.99. The van der Waals surface area contributed by atoms with E-state index in [1.165, 1.54) is 47.6 Å². The summed E-state index contributed by atoms with van der Waals surface area (Å²) >= 11 is 1.83. The minimum Gasteiger partial charge on any atom is -0.367 e. The van der Waals surface area contributed by atoms with Crippen molar-refractivity contribution in [2.75, 3.05) is 31.1 Å². The van der Waals surface area contributed by atoms with Crippen molar-refractivity contribution >= 4 is 33.0 Å². The number of aliphatic imine (C=N–C) groups is 1. The van der Waals surface area contributed by atoms with Crippen molar-refractivity contribution in [2.24, 2.45) is 4.99 Å². The largest absolute Gasteiger partial charge is 0.367 e. The minimum absolute atomic E-state index is 0.733. The zero-order valence-corrected chi connectivity index (χ0v) is 15.6. The number of aromatic nitrogens is 1. The zero-order chi connectivity index (χ0) is 16.8. The van der Waals surface area contributed by atoms with Crippen LogP contribution in [0.1, 0.15) is 36.3 Å². The highest BCUT2D eigenvalue weighted by Crippen LogP contribution is 2.36. The second-order valence-electron chi connectivity index (χ2n) is 7.35. The quantitative estimate of drug-likeness (QED) is 0.819. The van der Waals surface area contributed by atoms with Crippen molar-refractivity contribution in [2.45, 2.75) is 38.6 Å². The van der Waals surface area contributed by atoms with E-state index in [0.29, 0.717) is 0 Å². The number of anilines is 1. The van der Waals surface area contributed by atoms with Crippen molar-refractivity contribution in [3.8, 4) is 0 Å². The number of nitrogens with zero attached hydrogens (tertiary/aromatic N) is 4. The van der Waals surface area contributed by atoms with Gasteiger partial charge in [0.1, 0.15) is 0 Å². The van der Waals surface area contributed by atoms with Gasteiger partial charge >= 0.3 is 0 Å². The molecule has 0 N–H and O–H groups in total. The molecule has 2 saturated heterocycles. The molecule has 4 heterocycles. The first-order chi connectivity index (χ1) is 12.3. The van der Waals surface area contributed by atoms with E-state index in [9.17, 15) is 0 Å². The topological polar surface area (TPSA) is 31.7 Å². The van der Waals surface area contributed by atoms with Gasteiger partial charge in [0.25, 0.3) is 0 Å². The Labute approximate surface area is 152 Å². The molecular weight excluding hydrogens is 328 g/mol. The summed E-state index contributed by atoms with van der Waals surface area (Å²) in [6.07, 6.45) is 8.92. The van der Waals surface area contributed by atoms with E-state index in [0.717, 1.165) is 42.5 Å². The van der Waals surface area contributed by atoms with E-state index in [1.807, 2.05) is 17.5 Å². The number of hydrogen-bond donors (Lipinski definition) is 0. The van der Waals surface area contributed by atoms with Gasteiger partial charge < -0.3 is 4.90 Å². The third-order valence-corrected chi connectivity index (χ3v) is 6.73. The van der Waals surface area contributed by atoms with Crippen molar-refractivity contribution in [1.29, 1.82) is 0 Å². The van der Waals surface area contributed by atoms with Gasteiger partial charge in [-0.3, -0.25) is 9.89 Å². The standard InChI is InChI=1S/C20H24N4S/c1-14-22-18-11-15(17-6-2-3-7-21-17)12-19(20(18)25-14)24-10-9-23-8-4-5-16(23)13-24/h3,7,11-12,16H,2,4-6,8-10,13H2,1H3/t16-/m0/s1. The number of aryl methyl sites for hydroxylation is 1. The van der Waals surface area contributed by atoms with Gasteiger partial charge in [0.2, 0.25) is 0 Å². The number of rotatable bonds is 2. The van der Waals surface area contributed by atoms with Gasteiger partial charge in [-0.2, -0.15) is 0 Å². The van der Waals surface area contributed by atoms with Crippen molar-refractivity contribution < 1.29 is 0 Å². The molecule has 2 fully saturated rings. The Hall–Kier alpha value is -1.72. The lowest BCUT2D eigenvalue weighted by Crippen LogP contribution is -2.50. The van der Waals surface area contributed by atoms with Gasteiger partial charge in [0.05, 0.1) is 20.9 Å². The smallest absolute Gasteiger partial charge is 0.0908 e. The minimum atomic E-state index is 0.733. The van der Waals surface area contributed by atoms with Crippen molar-refractivity contribution in [3.63, 3.8) is 0 Å². The molecule has 0 aliphatic carbocycles. The molecule has 0 amide bonds. The van der Waals surface area contributed by atoms with Crippen LogP contribution in [0.25, 0.3) is 10.2 Å². The molecule has 5 rings (SSSR count). The Balaban J connectivity index is 1.58. The third-order valence-electron chi connectivity index (χ3n) is 5.72. The predicted molar refractivity (Wildman–Crippen MR) is 106 cm³/mol. The molecule has 1 aromatic carbocycles. The molecular formula is C20H24N4S. The van der Waals surface area contributed by atoms with Gasteiger partial charge in [-0.15, -0.1) is 11.3 Å². The van der Waals surface area contributed by atoms with Gasteiger partial charge in [0.15, 0.2) is 0 Å². The SMILES string of the molecule is Cc1nc2cc(C3=NC=CCC3)cc(N3CCN4CCC[C@H]4C3)c2s1. The molecule has 1 aromatic heterocycles. The molecule has 25 heavy (non-hydrogen) atoms. The normalized spacial score (nSPS) is 24.0. The summed E-state index contributed by atoms with van der Waals surface area (Å²) in [4.78, 5) is 14.7. The zero-order valence-electron chi connectivity index (χ0n) is 14.7. The fourth-order valence-electron chi connectivity index (χ4n) is 4.46. The van der Waals surface area contributed by atoms with E-state index in [-0.39, 0.29) is 0 Å². The maximum absolute atomic E-state index is 4.80. The summed E-state index contributed by atoms with van der Waals surface area (Å²) in [7, 11) is 0. The van der Waals surface area contributed by atoms with Crippen LogP contribution in [0.3, 0.4) is 0 Å². The number of piperazine rings is 1. The summed E-state index contributed by atoms with van der Waals surface area (Å²) in [5.41, 5.74) is 4.98. The maximum atomic E-state index is 4.80. The van der Waals surface area contributed by atoms with Gasteiger partial charge in [-0.05, 0) is 51.3 Å². The van der Waals surface area contributed by atoms with Crippen LogP contribution in [-0.4, -0.2) is 47.8 Å². The van der Waals surface area contributed by atoms with Gasteiger partial charge in [-0.1, -0.05) is 6.08 Å². The number of benzene rings is 1. The van der Waals surface area contributed by atoms with E-state index in [1.54, 1.807) is 0 Å². The number of thiazole rings is 1. The average molecular weight is 353 g/mol. The van der Waals surface area contributed by atoms with Crippen LogP contribution in [0, 0.1) is 6.92 Å². The summed E-state index contributed by atoms with van der Waals surface area (Å²) < 4.78 is 1.35. The van der Waals surface area contributed by atoms with Crippen LogP contribution in [0.4, 0.5) is 5.69 Å². The van der Waals surface area contributed by atoms with Crippen LogP contribution in [-0.2, 0) is 0 Å². The van der Waals surface area contributed by atoms with Crippen molar-refractivity contribution in [1.82, 2.24) is 9.88 Å². The van der Waals surface area contributed by atoms with E-state index < -0.39 is 0 Å². The molecule has 0 saturated carbocycles. The van der Waals surface area contributed by atoms with Crippen LogP contribution in [0.15, 0.2) is 29.4 Å². The Morgan fingerprint density at radius 2 is 2.16 bits per heavy atom. The summed E-state index contributed by atoms with van der Waals surface area (Å²) in [6, 6.07) is 5.35. The number of hydrogen-bond acceptors (Lipinski definition) is 5. The van der Waals surface area contributed by atoms with E-state index >= 15 is 0 Å². The Morgan fingerprint density at radius 3 is 3.04 bits per heavy atom. The van der Waals surface area contributed by atoms with Crippen LogP contribution < -0.4 is 4.90 Å². The highest BCUT2D eigenvalue weighted by atomic mass is 32.1. The molecule has 2 aromatic rings. The first-order valence-corrected chi connectivity index (χ1v) is 10.2.